The van der Waals surface area contributed by atoms with Crippen LogP contribution in [0.3, 0.4) is 0 Å². The number of benzene rings is 1. The first-order valence-corrected chi connectivity index (χ1v) is 2.98. The molecule has 0 unspecified atom stereocenters. The van der Waals surface area contributed by atoms with Gasteiger partial charge in [0.15, 0.2) is 0 Å². The summed E-state index contributed by atoms with van der Waals surface area (Å²) in [6.07, 6.45) is 6.76. The highest BCUT2D eigenvalue weighted by molar-refractivity contribution is 5.43. The summed E-state index contributed by atoms with van der Waals surface area (Å²) in [6.45, 7) is 0. The Kier molecular flexibility index (Phi) is 1.96. The van der Waals surface area contributed by atoms with E-state index in [4.69, 9.17) is 12.2 Å². The predicted molar refractivity (Wildman–Crippen MR) is 43.1 cm³/mol. The lowest BCUT2D eigenvalue weighted by Crippen LogP contribution is -1.84. The molecule has 0 fully saturated rings. The van der Waals surface area contributed by atoms with Crippen LogP contribution in [0.5, 0.6) is 0 Å². The number of rotatable bonds is 1. The van der Waals surface area contributed by atoms with Crippen molar-refractivity contribution in [2.75, 3.05) is 5.73 Å². The van der Waals surface area contributed by atoms with Gasteiger partial charge >= 0.3 is 0 Å². The van der Waals surface area contributed by atoms with Crippen molar-refractivity contribution in [3.8, 4) is 12.3 Å². The summed E-state index contributed by atoms with van der Waals surface area (Å²) in [7, 11) is 0. The maximum Gasteiger partial charge on any atom is 0.0628 e. The first kappa shape index (κ1) is 6.70. The monoisotopic (exact) mass is 130 g/mol. The second kappa shape index (κ2) is 2.93. The molecule has 1 aromatic carbocycles. The Bertz CT molecular complexity index is 240. The van der Waals surface area contributed by atoms with Crippen molar-refractivity contribution in [2.24, 2.45) is 0 Å². The van der Waals surface area contributed by atoms with Gasteiger partial charge in [0.2, 0.25) is 0 Å². The van der Waals surface area contributed by atoms with Crippen LogP contribution < -0.4 is 5.73 Å². The first-order chi connectivity index (χ1) is 4.83. The molecular formula is C9H8N. The maximum absolute atomic E-state index is 5.46. The summed E-state index contributed by atoms with van der Waals surface area (Å²) < 4.78 is 0. The molecule has 0 saturated heterocycles. The van der Waals surface area contributed by atoms with E-state index in [2.05, 4.69) is 5.92 Å². The van der Waals surface area contributed by atoms with E-state index in [0.29, 0.717) is 0 Å². The second-order valence-electron chi connectivity index (χ2n) is 1.98. The van der Waals surface area contributed by atoms with Crippen LogP contribution in [0.2, 0.25) is 0 Å². The molecule has 0 aromatic heterocycles. The van der Waals surface area contributed by atoms with Gasteiger partial charge in [-0.3, -0.25) is 0 Å². The summed E-state index contributed by atoms with van der Waals surface area (Å²) in [5.74, 6) is 2.44. The van der Waals surface area contributed by atoms with Crippen molar-refractivity contribution in [3.63, 3.8) is 0 Å². The molecule has 0 aliphatic rings. The predicted octanol–water partition coefficient (Wildman–Crippen LogP) is 1.45. The zero-order valence-corrected chi connectivity index (χ0v) is 5.54. The summed E-state index contributed by atoms with van der Waals surface area (Å²) >= 11 is 0. The number of anilines is 1. The second-order valence-corrected chi connectivity index (χ2v) is 1.98. The van der Waals surface area contributed by atoms with Crippen LogP contribution in [0.1, 0.15) is 5.56 Å². The van der Waals surface area contributed by atoms with Crippen LogP contribution >= 0.6 is 0 Å². The highest BCUT2D eigenvalue weighted by Crippen LogP contribution is 2.06. The largest absolute Gasteiger partial charge is 0.399 e. The fraction of sp³-hybridized carbons (Fsp3) is 0. The number of terminal acetylenes is 1. The summed E-state index contributed by atoms with van der Waals surface area (Å²) in [4.78, 5) is 0. The number of nitrogen functional groups attached to an aromatic ring is 1. The van der Waals surface area contributed by atoms with Crippen molar-refractivity contribution in [1.82, 2.24) is 0 Å². The van der Waals surface area contributed by atoms with E-state index >= 15 is 0 Å². The molecule has 10 heavy (non-hydrogen) atoms. The maximum atomic E-state index is 5.46. The van der Waals surface area contributed by atoms with Crippen LogP contribution in [0.15, 0.2) is 24.3 Å². The topological polar surface area (TPSA) is 26.0 Å². The highest BCUT2D eigenvalue weighted by atomic mass is 14.5. The third kappa shape index (κ3) is 1.53. The molecule has 0 aliphatic heterocycles. The minimum absolute atomic E-state index is 0.758. The van der Waals surface area contributed by atoms with Gasteiger partial charge in [0.1, 0.15) is 0 Å². The van der Waals surface area contributed by atoms with Crippen LogP contribution in [0, 0.1) is 18.8 Å². The third-order valence-corrected chi connectivity index (χ3v) is 1.19. The zero-order chi connectivity index (χ0) is 7.40. The molecule has 0 atom stereocenters. The molecule has 0 spiro atoms. The third-order valence-electron chi connectivity index (χ3n) is 1.19. The van der Waals surface area contributed by atoms with E-state index < -0.39 is 0 Å². The van der Waals surface area contributed by atoms with Gasteiger partial charge < -0.3 is 5.73 Å². The Morgan fingerprint density at radius 3 is 2.40 bits per heavy atom. The Balaban J connectivity index is 2.81. The van der Waals surface area contributed by atoms with Gasteiger partial charge in [-0.1, -0.05) is 18.1 Å². The summed E-state index contributed by atoms with van der Waals surface area (Å²) in [5.41, 5.74) is 7.23. The fourth-order valence-electron chi connectivity index (χ4n) is 0.688. The molecule has 0 aliphatic carbocycles. The molecule has 1 aromatic rings. The van der Waals surface area contributed by atoms with Crippen molar-refractivity contribution in [2.45, 2.75) is 0 Å². The van der Waals surface area contributed by atoms with Crippen LogP contribution in [0.4, 0.5) is 5.69 Å². The first-order valence-electron chi connectivity index (χ1n) is 2.98. The van der Waals surface area contributed by atoms with Gasteiger partial charge in [0, 0.05) is 5.69 Å². The molecular weight excluding hydrogens is 122 g/mol. The lowest BCUT2D eigenvalue weighted by Gasteiger charge is -1.93. The van der Waals surface area contributed by atoms with Crippen molar-refractivity contribution in [1.29, 1.82) is 0 Å². The van der Waals surface area contributed by atoms with E-state index in [1.807, 2.05) is 24.3 Å². The molecule has 1 rings (SSSR count). The molecule has 0 heterocycles. The van der Waals surface area contributed by atoms with E-state index in [0.717, 1.165) is 11.3 Å². The van der Waals surface area contributed by atoms with Crippen molar-refractivity contribution in [3.05, 3.63) is 36.2 Å². The fourth-order valence-corrected chi connectivity index (χ4v) is 0.688. The Hall–Kier alpha value is -1.42. The molecule has 0 amide bonds. The van der Waals surface area contributed by atoms with E-state index in [-0.39, 0.29) is 0 Å². The van der Waals surface area contributed by atoms with Crippen molar-refractivity contribution >= 4 is 5.69 Å². The van der Waals surface area contributed by atoms with E-state index in [1.54, 1.807) is 6.42 Å². The lowest BCUT2D eigenvalue weighted by atomic mass is 10.1. The highest BCUT2D eigenvalue weighted by Gasteiger charge is 1.87. The number of hydrogen-bond acceptors (Lipinski definition) is 1. The molecule has 49 valence electrons. The van der Waals surface area contributed by atoms with Crippen LogP contribution in [0.25, 0.3) is 0 Å². The lowest BCUT2D eigenvalue weighted by molar-refractivity contribution is 1.55. The van der Waals surface area contributed by atoms with Gasteiger partial charge in [-0.05, 0) is 17.7 Å². The average molecular weight is 130 g/mol. The molecule has 1 nitrogen and oxygen atoms in total. The molecule has 1 radical (unpaired) electrons. The van der Waals surface area contributed by atoms with Gasteiger partial charge in [0.25, 0.3) is 0 Å². The molecule has 1 heteroatoms. The summed E-state index contributed by atoms with van der Waals surface area (Å²) in [6, 6.07) is 7.41. The normalized spacial score (nSPS) is 8.70. The van der Waals surface area contributed by atoms with Gasteiger partial charge in [-0.2, -0.15) is 0 Å². The van der Waals surface area contributed by atoms with E-state index in [1.165, 1.54) is 0 Å². The smallest absolute Gasteiger partial charge is 0.0628 e. The minimum atomic E-state index is 0.758. The quantitative estimate of drug-likeness (QED) is 0.452. The molecule has 0 saturated carbocycles. The summed E-state index contributed by atoms with van der Waals surface area (Å²) in [5, 5.41) is 0. The van der Waals surface area contributed by atoms with Gasteiger partial charge in [-0.25, -0.2) is 0 Å². The number of nitrogens with two attached hydrogens (primary N) is 1. The zero-order valence-electron chi connectivity index (χ0n) is 5.54. The Labute approximate surface area is 60.9 Å². The average Bonchev–Trinajstić information content (AvgIpc) is 1.95. The van der Waals surface area contributed by atoms with Crippen molar-refractivity contribution < 1.29 is 0 Å². The molecule has 0 bridgehead atoms. The van der Waals surface area contributed by atoms with E-state index in [9.17, 15) is 0 Å². The van der Waals surface area contributed by atoms with Gasteiger partial charge in [-0.15, -0.1) is 6.42 Å². The van der Waals surface area contributed by atoms with Crippen LogP contribution in [-0.4, -0.2) is 0 Å². The Morgan fingerprint density at radius 2 is 1.90 bits per heavy atom. The van der Waals surface area contributed by atoms with Gasteiger partial charge in [0.05, 0.1) is 6.42 Å². The SMILES string of the molecule is C#C[CH]c1ccc(N)cc1. The Morgan fingerprint density at radius 1 is 1.30 bits per heavy atom. The van der Waals surface area contributed by atoms with Crippen LogP contribution in [-0.2, 0) is 0 Å². The standard InChI is InChI=1S/C9H8N/c1-2-3-8-4-6-9(10)7-5-8/h1,3-7H,10H2. The minimum Gasteiger partial charge on any atom is -0.399 e. The molecule has 2 N–H and O–H groups in total. The number of hydrogen-bond donors (Lipinski definition) is 1.